The summed E-state index contributed by atoms with van der Waals surface area (Å²) in [5, 5.41) is 22.0. The number of amides is 3. The smallest absolute Gasteiger partial charge is 0.312 e. The summed E-state index contributed by atoms with van der Waals surface area (Å²) in [6, 6.07) is 14.4. The standard InChI is InChI=1S/C36H42N6O7/c1-4-6-16-29(44)37-20-23(3)48-35(47)30-28-17-18-36(49-28)31(30)33(45)42(27(21-43)24-12-8-7-9-13-24)32(36)34(46)40(19-5-2)22-41-26-15-11-10-14-25(26)38-39-41/h4-5,7-15,23,27-28,30-32,43H,1-2,6,16-22H2,3H3,(H,37,44)/t23-,27+,28+,30-,31-,32+,36-/m0/s1. The average Bonchev–Trinajstić information content (AvgIpc) is 3.86. The molecule has 258 valence electrons. The van der Waals surface area contributed by atoms with Crippen LogP contribution in [0.15, 0.2) is 79.9 Å². The van der Waals surface area contributed by atoms with Gasteiger partial charge in [0.2, 0.25) is 17.7 Å². The number of allylic oxidation sites excluding steroid dienone is 1. The van der Waals surface area contributed by atoms with E-state index in [1.807, 2.05) is 30.3 Å². The highest BCUT2D eigenvalue weighted by Gasteiger charge is 2.75. The van der Waals surface area contributed by atoms with Crippen LogP contribution in [0.2, 0.25) is 0 Å². The van der Waals surface area contributed by atoms with Gasteiger partial charge in [0.25, 0.3) is 0 Å². The van der Waals surface area contributed by atoms with Crippen LogP contribution in [0, 0.1) is 11.8 Å². The first-order chi connectivity index (χ1) is 23.7. The lowest BCUT2D eigenvalue weighted by Crippen LogP contribution is -2.57. The number of likely N-dealkylation sites (tertiary alicyclic amines) is 1. The van der Waals surface area contributed by atoms with E-state index in [1.165, 1.54) is 9.80 Å². The summed E-state index contributed by atoms with van der Waals surface area (Å²) >= 11 is 0. The number of aliphatic hydroxyl groups is 1. The van der Waals surface area contributed by atoms with Crippen LogP contribution >= 0.6 is 0 Å². The fraction of sp³-hybridized carbons (Fsp3) is 0.444. The van der Waals surface area contributed by atoms with Crippen molar-refractivity contribution in [3.63, 3.8) is 0 Å². The molecule has 1 spiro atoms. The largest absolute Gasteiger partial charge is 0.460 e. The number of para-hydroxylation sites is 1. The fourth-order valence-electron chi connectivity index (χ4n) is 7.63. The number of fused-ring (bicyclic) bond motifs is 2. The van der Waals surface area contributed by atoms with E-state index in [2.05, 4.69) is 28.8 Å². The first-order valence-corrected chi connectivity index (χ1v) is 16.7. The molecule has 4 heterocycles. The summed E-state index contributed by atoms with van der Waals surface area (Å²) in [5.74, 6) is -3.68. The molecule has 3 aromatic rings. The maximum atomic E-state index is 14.9. The lowest BCUT2D eigenvalue weighted by atomic mass is 9.70. The summed E-state index contributed by atoms with van der Waals surface area (Å²) < 4.78 is 14.0. The Morgan fingerprint density at radius 2 is 1.92 bits per heavy atom. The lowest BCUT2D eigenvalue weighted by molar-refractivity contribution is -0.160. The van der Waals surface area contributed by atoms with Gasteiger partial charge >= 0.3 is 5.97 Å². The van der Waals surface area contributed by atoms with Gasteiger partial charge in [0.1, 0.15) is 29.9 Å². The molecule has 7 atom stereocenters. The van der Waals surface area contributed by atoms with Gasteiger partial charge in [0.05, 0.1) is 42.6 Å². The van der Waals surface area contributed by atoms with Crippen molar-refractivity contribution in [3.8, 4) is 0 Å². The zero-order chi connectivity index (χ0) is 34.7. The molecular weight excluding hydrogens is 628 g/mol. The summed E-state index contributed by atoms with van der Waals surface area (Å²) in [5.41, 5.74) is 0.694. The summed E-state index contributed by atoms with van der Waals surface area (Å²) in [6.07, 6.45) is 3.55. The predicted octanol–water partition coefficient (Wildman–Crippen LogP) is 2.53. The van der Waals surface area contributed by atoms with Gasteiger partial charge in [-0.15, -0.1) is 18.3 Å². The van der Waals surface area contributed by atoms with Gasteiger partial charge in [-0.1, -0.05) is 59.8 Å². The number of aromatic nitrogens is 3. The molecule has 3 aliphatic heterocycles. The molecule has 6 rings (SSSR count). The molecular formula is C36H42N6O7. The second-order valence-corrected chi connectivity index (χ2v) is 12.9. The van der Waals surface area contributed by atoms with E-state index in [-0.39, 0.29) is 32.1 Å². The van der Waals surface area contributed by atoms with E-state index >= 15 is 0 Å². The molecule has 2 N–H and O–H groups in total. The van der Waals surface area contributed by atoms with Gasteiger partial charge in [-0.2, -0.15) is 0 Å². The van der Waals surface area contributed by atoms with E-state index in [4.69, 9.17) is 9.47 Å². The summed E-state index contributed by atoms with van der Waals surface area (Å²) in [4.78, 5) is 58.5. The first-order valence-electron chi connectivity index (χ1n) is 16.7. The molecule has 3 fully saturated rings. The Morgan fingerprint density at radius 1 is 1.16 bits per heavy atom. The van der Waals surface area contributed by atoms with Crippen molar-refractivity contribution < 1.29 is 33.8 Å². The van der Waals surface area contributed by atoms with E-state index in [0.29, 0.717) is 30.3 Å². The minimum atomic E-state index is -1.34. The van der Waals surface area contributed by atoms with Crippen LogP contribution in [-0.2, 0) is 35.3 Å². The van der Waals surface area contributed by atoms with Crippen molar-refractivity contribution in [2.24, 2.45) is 11.8 Å². The molecule has 49 heavy (non-hydrogen) atoms. The van der Waals surface area contributed by atoms with Crippen molar-refractivity contribution in [3.05, 3.63) is 85.5 Å². The molecule has 13 nitrogen and oxygen atoms in total. The third-order valence-corrected chi connectivity index (χ3v) is 9.80. The van der Waals surface area contributed by atoms with E-state index in [0.717, 1.165) is 5.52 Å². The maximum Gasteiger partial charge on any atom is 0.312 e. The molecule has 2 aromatic carbocycles. The minimum absolute atomic E-state index is 0.0186. The molecule has 3 amide bonds. The number of ether oxygens (including phenoxy) is 2. The Kier molecular flexibility index (Phi) is 9.93. The van der Waals surface area contributed by atoms with E-state index in [1.54, 1.807) is 48.0 Å². The number of hydrogen-bond acceptors (Lipinski definition) is 9. The first kappa shape index (κ1) is 34.0. The van der Waals surface area contributed by atoms with Gasteiger partial charge < -0.3 is 29.7 Å². The number of aliphatic hydroxyl groups excluding tert-OH is 1. The molecule has 0 radical (unpaired) electrons. The Morgan fingerprint density at radius 3 is 2.65 bits per heavy atom. The number of hydrogen-bond donors (Lipinski definition) is 2. The van der Waals surface area contributed by atoms with Crippen LogP contribution in [-0.4, -0.2) is 97.1 Å². The van der Waals surface area contributed by atoms with Crippen molar-refractivity contribution in [2.75, 3.05) is 19.7 Å². The molecule has 0 saturated carbocycles. The Bertz CT molecular complexity index is 1730. The van der Waals surface area contributed by atoms with Crippen LogP contribution in [0.25, 0.3) is 11.0 Å². The number of nitrogens with zero attached hydrogens (tertiary/aromatic N) is 5. The quantitative estimate of drug-likeness (QED) is 0.183. The van der Waals surface area contributed by atoms with Crippen LogP contribution < -0.4 is 5.32 Å². The predicted molar refractivity (Wildman–Crippen MR) is 178 cm³/mol. The highest BCUT2D eigenvalue weighted by molar-refractivity contribution is 5.98. The van der Waals surface area contributed by atoms with Crippen LogP contribution in [0.5, 0.6) is 0 Å². The maximum absolute atomic E-state index is 14.9. The van der Waals surface area contributed by atoms with Gasteiger partial charge in [0, 0.05) is 13.0 Å². The van der Waals surface area contributed by atoms with E-state index < -0.39 is 66.1 Å². The molecule has 0 unspecified atom stereocenters. The topological polar surface area (TPSA) is 156 Å². The zero-order valence-corrected chi connectivity index (χ0v) is 27.5. The Hall–Kier alpha value is -4.88. The third kappa shape index (κ3) is 6.24. The summed E-state index contributed by atoms with van der Waals surface area (Å²) in [6.45, 7) is 8.95. The number of benzene rings is 2. The molecule has 1 aromatic heterocycles. The molecule has 3 saturated heterocycles. The zero-order valence-electron chi connectivity index (χ0n) is 27.5. The Balaban J connectivity index is 1.33. The van der Waals surface area contributed by atoms with E-state index in [9.17, 15) is 24.3 Å². The normalized spacial score (nSPS) is 25.1. The number of nitrogens with one attached hydrogen (secondary N) is 1. The monoisotopic (exact) mass is 670 g/mol. The molecule has 3 aliphatic rings. The highest BCUT2D eigenvalue weighted by atomic mass is 16.6. The number of carbonyl (C=O) groups is 4. The molecule has 2 bridgehead atoms. The van der Waals surface area contributed by atoms with Crippen LogP contribution in [0.3, 0.4) is 0 Å². The van der Waals surface area contributed by atoms with Crippen molar-refractivity contribution in [2.45, 2.75) is 69.2 Å². The van der Waals surface area contributed by atoms with Crippen LogP contribution in [0.4, 0.5) is 0 Å². The highest BCUT2D eigenvalue weighted by Crippen LogP contribution is 2.60. The van der Waals surface area contributed by atoms with Crippen LogP contribution in [0.1, 0.15) is 44.2 Å². The average molecular weight is 671 g/mol. The third-order valence-electron chi connectivity index (χ3n) is 9.80. The number of rotatable bonds is 15. The summed E-state index contributed by atoms with van der Waals surface area (Å²) in [7, 11) is 0. The molecule has 13 heteroatoms. The second kappa shape index (κ2) is 14.3. The second-order valence-electron chi connectivity index (χ2n) is 12.9. The van der Waals surface area contributed by atoms with Crippen molar-refractivity contribution in [1.82, 2.24) is 30.1 Å². The Labute approximate surface area is 284 Å². The number of esters is 1. The van der Waals surface area contributed by atoms with Gasteiger partial charge in [-0.3, -0.25) is 19.2 Å². The van der Waals surface area contributed by atoms with Gasteiger partial charge in [-0.05, 0) is 43.9 Å². The van der Waals surface area contributed by atoms with Crippen molar-refractivity contribution >= 4 is 34.7 Å². The van der Waals surface area contributed by atoms with Gasteiger partial charge in [-0.25, -0.2) is 4.68 Å². The minimum Gasteiger partial charge on any atom is -0.460 e. The SMILES string of the molecule is C=CCCC(=O)NC[C@H](C)OC(=O)[C@@H]1[C@H]2C(=O)N([C@H](CO)c3ccccc3)[C@H](C(=O)N(CC=C)Cn3nnc4ccccc43)[C@]23CC[C@H]1O3. The van der Waals surface area contributed by atoms with Crippen molar-refractivity contribution in [1.29, 1.82) is 0 Å². The number of carbonyl (C=O) groups excluding carboxylic acids is 4. The fourth-order valence-corrected chi connectivity index (χ4v) is 7.63. The molecule has 0 aliphatic carbocycles. The lowest BCUT2D eigenvalue weighted by Gasteiger charge is -2.39. The van der Waals surface area contributed by atoms with Gasteiger partial charge in [0.15, 0.2) is 0 Å².